The molecular formula is C14H20F4N2. The number of nitrogens with two attached hydrogens (primary N) is 1. The Hall–Kier alpha value is -1.30. The number of halogens is 4. The van der Waals surface area contributed by atoms with Crippen LogP contribution in [0, 0.1) is 11.2 Å². The van der Waals surface area contributed by atoms with Crippen LogP contribution >= 0.6 is 0 Å². The van der Waals surface area contributed by atoms with Gasteiger partial charge in [0, 0.05) is 6.54 Å². The Balaban J connectivity index is 2.84. The molecule has 0 aliphatic heterocycles. The van der Waals surface area contributed by atoms with Crippen molar-refractivity contribution in [3.63, 3.8) is 0 Å². The minimum atomic E-state index is -4.53. The van der Waals surface area contributed by atoms with Crippen LogP contribution in [0.3, 0.4) is 0 Å². The van der Waals surface area contributed by atoms with Crippen LogP contribution in [0.1, 0.15) is 32.3 Å². The molecule has 0 aliphatic rings. The van der Waals surface area contributed by atoms with Crippen molar-refractivity contribution in [1.29, 1.82) is 0 Å². The average molecular weight is 292 g/mol. The molecule has 0 bridgehead atoms. The first-order valence-electron chi connectivity index (χ1n) is 6.58. The van der Waals surface area contributed by atoms with Crippen LogP contribution in [0.2, 0.25) is 0 Å². The predicted molar refractivity (Wildman–Crippen MR) is 72.0 cm³/mol. The fraction of sp³-hybridized carbons (Fsp3) is 0.571. The predicted octanol–water partition coefficient (Wildman–Crippen LogP) is 4.02. The number of rotatable bonds is 6. The van der Waals surface area contributed by atoms with Gasteiger partial charge < -0.3 is 11.1 Å². The molecule has 0 aliphatic carbocycles. The molecule has 3 N–H and O–H groups in total. The Morgan fingerprint density at radius 2 is 1.75 bits per heavy atom. The van der Waals surface area contributed by atoms with E-state index in [9.17, 15) is 17.6 Å². The summed E-state index contributed by atoms with van der Waals surface area (Å²) in [6.07, 6.45) is -2.91. The van der Waals surface area contributed by atoms with Crippen LogP contribution in [-0.4, -0.2) is 13.1 Å². The average Bonchev–Trinajstić information content (AvgIpc) is 2.41. The van der Waals surface area contributed by atoms with Gasteiger partial charge in [-0.15, -0.1) is 0 Å². The molecular weight excluding hydrogens is 272 g/mol. The maximum atomic E-state index is 13.7. The third-order valence-electron chi connectivity index (χ3n) is 3.88. The summed E-state index contributed by atoms with van der Waals surface area (Å²) in [6.45, 7) is 4.84. The number of hydrogen-bond donors (Lipinski definition) is 2. The van der Waals surface area contributed by atoms with Gasteiger partial charge in [-0.05, 0) is 43.0 Å². The Bertz CT molecular complexity index is 431. The fourth-order valence-corrected chi connectivity index (χ4v) is 1.98. The zero-order chi connectivity index (χ0) is 15.4. The lowest BCUT2D eigenvalue weighted by atomic mass is 9.82. The molecule has 0 fully saturated rings. The summed E-state index contributed by atoms with van der Waals surface area (Å²) in [5.41, 5.74) is 4.64. The maximum absolute atomic E-state index is 13.7. The third kappa shape index (κ3) is 3.85. The van der Waals surface area contributed by atoms with Gasteiger partial charge >= 0.3 is 6.18 Å². The largest absolute Gasteiger partial charge is 0.416 e. The van der Waals surface area contributed by atoms with Gasteiger partial charge in [-0.2, -0.15) is 13.2 Å². The van der Waals surface area contributed by atoms with Gasteiger partial charge in [0.15, 0.2) is 0 Å². The second-order valence-electron chi connectivity index (χ2n) is 4.96. The van der Waals surface area contributed by atoms with Gasteiger partial charge in [0.05, 0.1) is 11.3 Å². The zero-order valence-electron chi connectivity index (χ0n) is 11.6. The molecule has 114 valence electrons. The number of alkyl halides is 3. The number of nitrogens with one attached hydrogen (secondary N) is 1. The number of hydrogen-bond acceptors (Lipinski definition) is 2. The number of benzene rings is 1. The van der Waals surface area contributed by atoms with Gasteiger partial charge in [0.2, 0.25) is 0 Å². The van der Waals surface area contributed by atoms with Crippen LogP contribution in [0.4, 0.5) is 23.2 Å². The summed E-state index contributed by atoms with van der Waals surface area (Å²) in [6, 6.07) is 2.49. The molecule has 6 heteroatoms. The molecule has 0 heterocycles. The molecule has 0 aromatic heterocycles. The van der Waals surface area contributed by atoms with Gasteiger partial charge in [-0.3, -0.25) is 0 Å². The van der Waals surface area contributed by atoms with E-state index in [1.54, 1.807) is 0 Å². The highest BCUT2D eigenvalue weighted by atomic mass is 19.4. The molecule has 20 heavy (non-hydrogen) atoms. The molecule has 1 rings (SSSR count). The summed E-state index contributed by atoms with van der Waals surface area (Å²) >= 11 is 0. The molecule has 0 amide bonds. The van der Waals surface area contributed by atoms with Crippen LogP contribution < -0.4 is 11.1 Å². The minimum absolute atomic E-state index is 0.0673. The van der Waals surface area contributed by atoms with E-state index in [4.69, 9.17) is 5.73 Å². The van der Waals surface area contributed by atoms with E-state index >= 15 is 0 Å². The summed E-state index contributed by atoms with van der Waals surface area (Å²) in [7, 11) is 0. The van der Waals surface area contributed by atoms with Crippen molar-refractivity contribution in [3.05, 3.63) is 29.6 Å². The van der Waals surface area contributed by atoms with Crippen LogP contribution in [0.25, 0.3) is 0 Å². The highest BCUT2D eigenvalue weighted by Crippen LogP contribution is 2.32. The minimum Gasteiger partial charge on any atom is -0.382 e. The topological polar surface area (TPSA) is 38.0 Å². The van der Waals surface area contributed by atoms with Crippen molar-refractivity contribution < 1.29 is 17.6 Å². The Labute approximate surface area is 116 Å². The first kappa shape index (κ1) is 16.8. The first-order chi connectivity index (χ1) is 9.28. The summed E-state index contributed by atoms with van der Waals surface area (Å²) in [5, 5.41) is 2.86. The Morgan fingerprint density at radius 3 is 2.15 bits per heavy atom. The van der Waals surface area contributed by atoms with Crippen LogP contribution in [0.15, 0.2) is 18.2 Å². The lowest BCUT2D eigenvalue weighted by Crippen LogP contribution is -2.36. The lowest BCUT2D eigenvalue weighted by Gasteiger charge is -2.30. The fourth-order valence-electron chi connectivity index (χ4n) is 1.98. The van der Waals surface area contributed by atoms with Gasteiger partial charge in [0.1, 0.15) is 5.82 Å². The van der Waals surface area contributed by atoms with E-state index in [0.29, 0.717) is 19.2 Å². The molecule has 1 aromatic rings. The summed E-state index contributed by atoms with van der Waals surface area (Å²) in [5.74, 6) is -0.905. The lowest BCUT2D eigenvalue weighted by molar-refractivity contribution is -0.137. The van der Waals surface area contributed by atoms with Crippen molar-refractivity contribution in [2.24, 2.45) is 11.1 Å². The summed E-state index contributed by atoms with van der Waals surface area (Å²) in [4.78, 5) is 0. The van der Waals surface area contributed by atoms with Gasteiger partial charge in [-0.1, -0.05) is 13.8 Å². The molecule has 0 saturated carbocycles. The van der Waals surface area contributed by atoms with Crippen molar-refractivity contribution in [1.82, 2.24) is 0 Å². The van der Waals surface area contributed by atoms with Crippen LogP contribution in [0.5, 0.6) is 0 Å². The smallest absolute Gasteiger partial charge is 0.382 e. The Kier molecular flexibility index (Phi) is 5.39. The normalized spacial score (nSPS) is 12.6. The number of anilines is 1. The van der Waals surface area contributed by atoms with Crippen molar-refractivity contribution in [2.45, 2.75) is 32.9 Å². The Morgan fingerprint density at radius 1 is 1.15 bits per heavy atom. The quantitative estimate of drug-likeness (QED) is 0.777. The van der Waals surface area contributed by atoms with E-state index in [0.717, 1.165) is 25.0 Å². The third-order valence-corrected chi connectivity index (χ3v) is 3.88. The van der Waals surface area contributed by atoms with E-state index in [1.807, 2.05) is 13.8 Å². The summed E-state index contributed by atoms with van der Waals surface area (Å²) < 4.78 is 51.0. The SMILES string of the molecule is CCC(CC)(CN)CNc1ccc(C(F)(F)F)cc1F. The van der Waals surface area contributed by atoms with E-state index in [2.05, 4.69) is 5.32 Å². The zero-order valence-corrected chi connectivity index (χ0v) is 11.6. The van der Waals surface area contributed by atoms with Crippen molar-refractivity contribution in [3.8, 4) is 0 Å². The van der Waals surface area contributed by atoms with Crippen LogP contribution in [-0.2, 0) is 6.18 Å². The second-order valence-corrected chi connectivity index (χ2v) is 4.96. The molecule has 0 radical (unpaired) electrons. The maximum Gasteiger partial charge on any atom is 0.416 e. The van der Waals surface area contributed by atoms with Gasteiger partial charge in [0.25, 0.3) is 0 Å². The monoisotopic (exact) mass is 292 g/mol. The highest BCUT2D eigenvalue weighted by molar-refractivity contribution is 5.47. The first-order valence-corrected chi connectivity index (χ1v) is 6.58. The molecule has 0 atom stereocenters. The van der Waals surface area contributed by atoms with E-state index in [-0.39, 0.29) is 11.1 Å². The highest BCUT2D eigenvalue weighted by Gasteiger charge is 2.31. The van der Waals surface area contributed by atoms with Gasteiger partial charge in [-0.25, -0.2) is 4.39 Å². The van der Waals surface area contributed by atoms with E-state index < -0.39 is 17.6 Å². The van der Waals surface area contributed by atoms with E-state index in [1.165, 1.54) is 0 Å². The standard InChI is InChI=1S/C14H20F4N2/c1-3-13(4-2,8-19)9-20-12-6-5-10(7-11(12)15)14(16,17)18/h5-7,20H,3-4,8-9,19H2,1-2H3. The second kappa shape index (κ2) is 6.43. The molecule has 0 spiro atoms. The molecule has 2 nitrogen and oxygen atoms in total. The molecule has 1 aromatic carbocycles. The van der Waals surface area contributed by atoms with Crippen molar-refractivity contribution in [2.75, 3.05) is 18.4 Å². The van der Waals surface area contributed by atoms with Crippen molar-refractivity contribution >= 4 is 5.69 Å². The molecule has 0 unspecified atom stereocenters. The molecule has 0 saturated heterocycles.